The third kappa shape index (κ3) is 2.58. The van der Waals surface area contributed by atoms with Crippen molar-refractivity contribution in [3.05, 3.63) is 17.5 Å². The van der Waals surface area contributed by atoms with Crippen molar-refractivity contribution < 1.29 is 0 Å². The molecule has 1 heterocycles. The Labute approximate surface area is 86.5 Å². The van der Waals surface area contributed by atoms with Gasteiger partial charge in [-0.05, 0) is 32.4 Å². The van der Waals surface area contributed by atoms with E-state index in [4.69, 9.17) is 0 Å². The van der Waals surface area contributed by atoms with Gasteiger partial charge in [0.25, 0.3) is 0 Å². The molecule has 0 amide bonds. The largest absolute Gasteiger partial charge is 0.309 e. The topological polar surface area (TPSA) is 29.9 Å². The molecular formula is C11H21N3. The molecule has 1 aromatic heterocycles. The van der Waals surface area contributed by atoms with E-state index in [1.54, 1.807) is 0 Å². The Morgan fingerprint density at radius 3 is 2.64 bits per heavy atom. The van der Waals surface area contributed by atoms with Gasteiger partial charge in [-0.1, -0.05) is 13.8 Å². The van der Waals surface area contributed by atoms with Crippen LogP contribution in [0.5, 0.6) is 0 Å². The average Bonchev–Trinajstić information content (AvgIpc) is 2.47. The number of nitrogens with zero attached hydrogens (tertiary/aromatic N) is 2. The van der Waals surface area contributed by atoms with Crippen molar-refractivity contribution in [2.75, 3.05) is 6.54 Å². The lowest BCUT2D eigenvalue weighted by Crippen LogP contribution is -2.23. The number of nitrogens with one attached hydrogen (secondary N) is 1. The lowest BCUT2D eigenvalue weighted by molar-refractivity contribution is 0.484. The molecule has 3 heteroatoms. The highest BCUT2D eigenvalue weighted by Gasteiger charge is 2.12. The predicted molar refractivity (Wildman–Crippen MR) is 59.3 cm³/mol. The normalized spacial score (nSPS) is 13.1. The zero-order valence-corrected chi connectivity index (χ0v) is 9.67. The minimum Gasteiger partial charge on any atom is -0.309 e. The molecule has 0 fully saturated rings. The summed E-state index contributed by atoms with van der Waals surface area (Å²) in [7, 11) is 2.01. The molecule has 1 N–H and O–H groups in total. The van der Waals surface area contributed by atoms with Crippen LogP contribution in [0.1, 0.15) is 44.1 Å². The first-order valence-electron chi connectivity index (χ1n) is 5.43. The number of aromatic nitrogens is 2. The maximum Gasteiger partial charge on any atom is 0.0597 e. The summed E-state index contributed by atoms with van der Waals surface area (Å²) < 4.78 is 1.98. The Kier molecular flexibility index (Phi) is 4.14. The molecule has 1 aromatic rings. The minimum absolute atomic E-state index is 0.446. The van der Waals surface area contributed by atoms with Crippen molar-refractivity contribution in [1.29, 1.82) is 0 Å². The van der Waals surface area contributed by atoms with Crippen LogP contribution in [0.2, 0.25) is 0 Å². The molecule has 3 nitrogen and oxygen atoms in total. The smallest absolute Gasteiger partial charge is 0.0597 e. The van der Waals surface area contributed by atoms with Gasteiger partial charge >= 0.3 is 0 Å². The summed E-state index contributed by atoms with van der Waals surface area (Å²) in [4.78, 5) is 0. The molecule has 0 bridgehead atoms. The highest BCUT2D eigenvalue weighted by molar-refractivity contribution is 5.12. The van der Waals surface area contributed by atoms with E-state index in [-0.39, 0.29) is 0 Å². The van der Waals surface area contributed by atoms with Crippen LogP contribution < -0.4 is 5.32 Å². The van der Waals surface area contributed by atoms with E-state index >= 15 is 0 Å². The molecule has 1 rings (SSSR count). The molecule has 0 aromatic carbocycles. The third-order valence-electron chi connectivity index (χ3n) is 2.44. The van der Waals surface area contributed by atoms with E-state index in [1.807, 2.05) is 18.7 Å². The van der Waals surface area contributed by atoms with E-state index in [0.29, 0.717) is 6.04 Å². The van der Waals surface area contributed by atoms with Crippen molar-refractivity contribution >= 4 is 0 Å². The van der Waals surface area contributed by atoms with Gasteiger partial charge in [-0.15, -0.1) is 0 Å². The lowest BCUT2D eigenvalue weighted by Gasteiger charge is -2.16. The van der Waals surface area contributed by atoms with Gasteiger partial charge in [0.15, 0.2) is 0 Å². The maximum absolute atomic E-state index is 4.36. The van der Waals surface area contributed by atoms with E-state index in [2.05, 4.69) is 30.3 Å². The minimum atomic E-state index is 0.446. The van der Waals surface area contributed by atoms with Gasteiger partial charge in [0, 0.05) is 13.1 Å². The highest BCUT2D eigenvalue weighted by Crippen LogP contribution is 2.16. The van der Waals surface area contributed by atoms with Gasteiger partial charge in [0.1, 0.15) is 0 Å². The first-order chi connectivity index (χ1) is 6.69. The fourth-order valence-electron chi connectivity index (χ4n) is 1.73. The highest BCUT2D eigenvalue weighted by atomic mass is 15.3. The fraction of sp³-hybridized carbons (Fsp3) is 0.727. The average molecular weight is 195 g/mol. The Bertz CT molecular complexity index is 278. The number of hydrogen-bond acceptors (Lipinski definition) is 2. The molecule has 80 valence electrons. The van der Waals surface area contributed by atoms with Crippen molar-refractivity contribution in [2.45, 2.75) is 39.7 Å². The number of hydrogen-bond donors (Lipinski definition) is 1. The molecule has 0 aliphatic rings. The van der Waals surface area contributed by atoms with Gasteiger partial charge in [0.2, 0.25) is 0 Å². The van der Waals surface area contributed by atoms with Crippen LogP contribution in [-0.2, 0) is 7.05 Å². The van der Waals surface area contributed by atoms with E-state index in [1.165, 1.54) is 12.1 Å². The van der Waals surface area contributed by atoms with Crippen LogP contribution in [0.4, 0.5) is 0 Å². The molecular weight excluding hydrogens is 174 g/mol. The van der Waals surface area contributed by atoms with E-state index in [9.17, 15) is 0 Å². The molecule has 0 radical (unpaired) electrons. The van der Waals surface area contributed by atoms with Crippen LogP contribution in [0, 0.1) is 6.92 Å². The monoisotopic (exact) mass is 195 g/mol. The van der Waals surface area contributed by atoms with Crippen molar-refractivity contribution in [3.63, 3.8) is 0 Å². The fourth-order valence-corrected chi connectivity index (χ4v) is 1.73. The second-order valence-electron chi connectivity index (χ2n) is 3.75. The zero-order chi connectivity index (χ0) is 10.6. The van der Waals surface area contributed by atoms with Crippen molar-refractivity contribution in [2.24, 2.45) is 7.05 Å². The summed E-state index contributed by atoms with van der Waals surface area (Å²) >= 11 is 0. The second-order valence-corrected chi connectivity index (χ2v) is 3.75. The van der Waals surface area contributed by atoms with Gasteiger partial charge < -0.3 is 5.32 Å². The van der Waals surface area contributed by atoms with Crippen LogP contribution in [-0.4, -0.2) is 16.3 Å². The van der Waals surface area contributed by atoms with Gasteiger partial charge in [0.05, 0.1) is 11.4 Å². The Hall–Kier alpha value is -0.830. The van der Waals surface area contributed by atoms with Crippen LogP contribution in [0.25, 0.3) is 0 Å². The molecule has 0 saturated carbocycles. The Balaban J connectivity index is 2.72. The standard InChI is InChI=1S/C11H21N3/c1-5-7-12-10(6-2)11-8-9(3)13-14(11)4/h8,10,12H,5-7H2,1-4H3. The van der Waals surface area contributed by atoms with Gasteiger partial charge in [-0.25, -0.2) is 0 Å². The Morgan fingerprint density at radius 2 is 2.21 bits per heavy atom. The summed E-state index contributed by atoms with van der Waals surface area (Å²) in [5, 5.41) is 7.89. The summed E-state index contributed by atoms with van der Waals surface area (Å²) in [5.74, 6) is 0. The molecule has 14 heavy (non-hydrogen) atoms. The maximum atomic E-state index is 4.36. The molecule has 0 spiro atoms. The molecule has 1 atom stereocenters. The summed E-state index contributed by atoms with van der Waals surface area (Å²) in [6.45, 7) is 7.50. The van der Waals surface area contributed by atoms with Crippen LogP contribution >= 0.6 is 0 Å². The number of rotatable bonds is 5. The second kappa shape index (κ2) is 5.15. The van der Waals surface area contributed by atoms with Crippen molar-refractivity contribution in [3.8, 4) is 0 Å². The summed E-state index contributed by atoms with van der Waals surface area (Å²) in [5.41, 5.74) is 2.39. The van der Waals surface area contributed by atoms with E-state index < -0.39 is 0 Å². The summed E-state index contributed by atoms with van der Waals surface area (Å²) in [6, 6.07) is 2.61. The zero-order valence-electron chi connectivity index (χ0n) is 9.67. The third-order valence-corrected chi connectivity index (χ3v) is 2.44. The summed E-state index contributed by atoms with van der Waals surface area (Å²) in [6.07, 6.45) is 2.28. The number of aryl methyl sites for hydroxylation is 2. The quantitative estimate of drug-likeness (QED) is 0.780. The molecule has 0 aliphatic carbocycles. The first kappa shape index (κ1) is 11.2. The molecule has 0 saturated heterocycles. The molecule has 0 aliphatic heterocycles. The van der Waals surface area contributed by atoms with Gasteiger partial charge in [-0.2, -0.15) is 5.10 Å². The van der Waals surface area contributed by atoms with Crippen molar-refractivity contribution in [1.82, 2.24) is 15.1 Å². The van der Waals surface area contributed by atoms with E-state index in [0.717, 1.165) is 18.7 Å². The Morgan fingerprint density at radius 1 is 1.50 bits per heavy atom. The van der Waals surface area contributed by atoms with Crippen LogP contribution in [0.15, 0.2) is 6.07 Å². The van der Waals surface area contributed by atoms with Gasteiger partial charge in [-0.3, -0.25) is 4.68 Å². The first-order valence-corrected chi connectivity index (χ1v) is 5.43. The molecule has 1 unspecified atom stereocenters. The SMILES string of the molecule is CCCNC(CC)c1cc(C)nn1C. The predicted octanol–water partition coefficient (Wildman–Crippen LogP) is 2.18. The lowest BCUT2D eigenvalue weighted by atomic mass is 10.1. The van der Waals surface area contributed by atoms with Crippen LogP contribution in [0.3, 0.4) is 0 Å².